The third-order valence-corrected chi connectivity index (χ3v) is 3.33. The largest absolute Gasteiger partial charge is 0.480 e. The highest BCUT2D eigenvalue weighted by molar-refractivity contribution is 5.93. The maximum absolute atomic E-state index is 12.3. The molecule has 1 amide bonds. The van der Waals surface area contributed by atoms with Gasteiger partial charge in [-0.3, -0.25) is 4.79 Å². The van der Waals surface area contributed by atoms with E-state index in [0.29, 0.717) is 0 Å². The highest BCUT2D eigenvalue weighted by Gasteiger charge is 2.36. The molecule has 0 spiro atoms. The number of rotatable bonds is 2. The zero-order chi connectivity index (χ0) is 14.1. The molecule has 0 saturated heterocycles. The van der Waals surface area contributed by atoms with Gasteiger partial charge in [0.05, 0.1) is 0 Å². The maximum atomic E-state index is 12.3. The van der Waals surface area contributed by atoms with Gasteiger partial charge in [-0.25, -0.2) is 4.79 Å². The molecule has 1 aromatic heterocycles. The highest BCUT2D eigenvalue weighted by atomic mass is 16.4. The molecule has 1 aliphatic heterocycles. The van der Waals surface area contributed by atoms with Crippen molar-refractivity contribution in [1.29, 1.82) is 0 Å². The van der Waals surface area contributed by atoms with Gasteiger partial charge in [0.2, 0.25) is 0 Å². The fourth-order valence-electron chi connectivity index (χ4n) is 2.34. The van der Waals surface area contributed by atoms with E-state index in [1.807, 2.05) is 24.3 Å². The van der Waals surface area contributed by atoms with Gasteiger partial charge in [0, 0.05) is 13.0 Å². The number of fused-ring (bicyclic) bond motifs is 1. The summed E-state index contributed by atoms with van der Waals surface area (Å²) in [6.07, 6.45) is 0.273. The van der Waals surface area contributed by atoms with Crippen molar-refractivity contribution in [2.75, 3.05) is 0 Å². The number of aliphatic carboxylic acids is 1. The quantitative estimate of drug-likeness (QED) is 0.787. The molecular weight excluding hydrogens is 262 g/mol. The van der Waals surface area contributed by atoms with Gasteiger partial charge in [-0.15, -0.1) is 10.2 Å². The zero-order valence-electron chi connectivity index (χ0n) is 10.4. The van der Waals surface area contributed by atoms with E-state index >= 15 is 0 Å². The Hall–Kier alpha value is -2.77. The van der Waals surface area contributed by atoms with Crippen LogP contribution in [0.4, 0.5) is 0 Å². The summed E-state index contributed by atoms with van der Waals surface area (Å²) in [6, 6.07) is 6.55. The minimum absolute atomic E-state index is 0.129. The van der Waals surface area contributed by atoms with Crippen LogP contribution in [-0.2, 0) is 17.8 Å². The van der Waals surface area contributed by atoms with E-state index in [2.05, 4.69) is 20.6 Å². The standard InChI is InChI=1S/C12H11N5O3/c18-11(10-13-15-16-14-10)17-6-8-4-2-1-3-7(8)5-9(17)12(19)20/h1-4,9H,5-6H2,(H,19,20)(H,13,14,15,16). The van der Waals surface area contributed by atoms with Gasteiger partial charge < -0.3 is 10.0 Å². The average Bonchev–Trinajstić information content (AvgIpc) is 2.99. The third kappa shape index (κ3) is 2.00. The number of carbonyl (C=O) groups is 2. The number of nitrogens with zero attached hydrogens (tertiary/aromatic N) is 4. The molecular formula is C12H11N5O3. The topological polar surface area (TPSA) is 112 Å². The number of aromatic nitrogens is 4. The molecule has 102 valence electrons. The van der Waals surface area contributed by atoms with Crippen LogP contribution in [-0.4, -0.2) is 48.5 Å². The second kappa shape index (κ2) is 4.72. The number of benzene rings is 1. The molecule has 1 atom stereocenters. The van der Waals surface area contributed by atoms with Crippen LogP contribution < -0.4 is 0 Å². The lowest BCUT2D eigenvalue weighted by molar-refractivity contribution is -0.142. The number of amides is 1. The summed E-state index contributed by atoms with van der Waals surface area (Å²) in [5, 5.41) is 22.1. The van der Waals surface area contributed by atoms with E-state index in [0.717, 1.165) is 11.1 Å². The summed E-state index contributed by atoms with van der Waals surface area (Å²) in [7, 11) is 0. The number of carboxylic acids is 1. The predicted molar refractivity (Wildman–Crippen MR) is 65.6 cm³/mol. The molecule has 3 rings (SSSR count). The van der Waals surface area contributed by atoms with Crippen LogP contribution in [0.3, 0.4) is 0 Å². The molecule has 2 heterocycles. The highest BCUT2D eigenvalue weighted by Crippen LogP contribution is 2.24. The smallest absolute Gasteiger partial charge is 0.326 e. The Morgan fingerprint density at radius 1 is 1.30 bits per heavy atom. The Balaban J connectivity index is 1.96. The van der Waals surface area contributed by atoms with Crippen molar-refractivity contribution in [3.8, 4) is 0 Å². The van der Waals surface area contributed by atoms with Gasteiger partial charge in [0.1, 0.15) is 6.04 Å². The summed E-state index contributed by atoms with van der Waals surface area (Å²) >= 11 is 0. The first-order valence-corrected chi connectivity index (χ1v) is 6.01. The van der Waals surface area contributed by atoms with Crippen LogP contribution in [0, 0.1) is 0 Å². The molecule has 0 fully saturated rings. The Morgan fingerprint density at radius 3 is 2.70 bits per heavy atom. The van der Waals surface area contributed by atoms with Crippen molar-refractivity contribution in [2.24, 2.45) is 0 Å². The molecule has 1 aliphatic rings. The number of carboxylic acid groups (broad SMARTS) is 1. The van der Waals surface area contributed by atoms with Crippen LogP contribution in [0.15, 0.2) is 24.3 Å². The van der Waals surface area contributed by atoms with Gasteiger partial charge >= 0.3 is 5.97 Å². The molecule has 1 aromatic carbocycles. The average molecular weight is 273 g/mol. The number of H-pyrrole nitrogens is 1. The van der Waals surface area contributed by atoms with E-state index in [4.69, 9.17) is 0 Å². The van der Waals surface area contributed by atoms with Gasteiger partial charge in [0.25, 0.3) is 11.7 Å². The van der Waals surface area contributed by atoms with Crippen molar-refractivity contribution in [2.45, 2.75) is 19.0 Å². The van der Waals surface area contributed by atoms with Crippen LogP contribution in [0.2, 0.25) is 0 Å². The monoisotopic (exact) mass is 273 g/mol. The van der Waals surface area contributed by atoms with E-state index in [1.54, 1.807) is 0 Å². The molecule has 0 bridgehead atoms. The first-order chi connectivity index (χ1) is 9.66. The van der Waals surface area contributed by atoms with Gasteiger partial charge in [-0.1, -0.05) is 24.3 Å². The summed E-state index contributed by atoms with van der Waals surface area (Å²) in [5.41, 5.74) is 1.87. The first-order valence-electron chi connectivity index (χ1n) is 6.01. The van der Waals surface area contributed by atoms with Crippen LogP contribution in [0.1, 0.15) is 21.7 Å². The van der Waals surface area contributed by atoms with Gasteiger partial charge in [0.15, 0.2) is 0 Å². The van der Waals surface area contributed by atoms with Crippen molar-refractivity contribution < 1.29 is 14.7 Å². The van der Waals surface area contributed by atoms with Crippen molar-refractivity contribution >= 4 is 11.9 Å². The van der Waals surface area contributed by atoms with Crippen molar-refractivity contribution in [1.82, 2.24) is 25.5 Å². The molecule has 2 aromatic rings. The van der Waals surface area contributed by atoms with E-state index in [9.17, 15) is 14.7 Å². The van der Waals surface area contributed by atoms with Crippen molar-refractivity contribution in [3.63, 3.8) is 0 Å². The molecule has 0 aliphatic carbocycles. The minimum Gasteiger partial charge on any atom is -0.480 e. The number of tetrazole rings is 1. The van der Waals surface area contributed by atoms with Gasteiger partial charge in [-0.05, 0) is 16.3 Å². The normalized spacial score (nSPS) is 17.6. The van der Waals surface area contributed by atoms with Crippen LogP contribution in [0.25, 0.3) is 0 Å². The Kier molecular flexibility index (Phi) is 2.90. The maximum Gasteiger partial charge on any atom is 0.326 e. The lowest BCUT2D eigenvalue weighted by Crippen LogP contribution is -2.48. The molecule has 20 heavy (non-hydrogen) atoms. The van der Waals surface area contributed by atoms with Crippen LogP contribution >= 0.6 is 0 Å². The second-order valence-electron chi connectivity index (χ2n) is 4.50. The number of aromatic amines is 1. The first kappa shape index (κ1) is 12.3. The van der Waals surface area contributed by atoms with Crippen molar-refractivity contribution in [3.05, 3.63) is 41.2 Å². The van der Waals surface area contributed by atoms with Gasteiger partial charge in [-0.2, -0.15) is 5.21 Å². The summed E-state index contributed by atoms with van der Waals surface area (Å²) in [4.78, 5) is 24.9. The summed E-state index contributed by atoms with van der Waals surface area (Å²) in [5.74, 6) is -1.72. The molecule has 1 unspecified atom stereocenters. The Labute approximate surface area is 113 Å². The molecule has 0 radical (unpaired) electrons. The SMILES string of the molecule is O=C(O)C1Cc2ccccc2CN1C(=O)c1nn[nH]n1. The fraction of sp³-hybridized carbons (Fsp3) is 0.250. The summed E-state index contributed by atoms with van der Waals surface area (Å²) in [6.45, 7) is 0.223. The lowest BCUT2D eigenvalue weighted by Gasteiger charge is -2.33. The van der Waals surface area contributed by atoms with Crippen LogP contribution in [0.5, 0.6) is 0 Å². The molecule has 0 saturated carbocycles. The minimum atomic E-state index is -1.05. The van der Waals surface area contributed by atoms with E-state index in [-0.39, 0.29) is 18.8 Å². The fourth-order valence-corrected chi connectivity index (χ4v) is 2.34. The van der Waals surface area contributed by atoms with E-state index in [1.165, 1.54) is 4.90 Å². The number of hydrogen-bond acceptors (Lipinski definition) is 5. The van der Waals surface area contributed by atoms with E-state index < -0.39 is 17.9 Å². The number of hydrogen-bond donors (Lipinski definition) is 2. The third-order valence-electron chi connectivity index (χ3n) is 3.33. The lowest BCUT2D eigenvalue weighted by atomic mass is 9.94. The Morgan fingerprint density at radius 2 is 2.05 bits per heavy atom. The molecule has 2 N–H and O–H groups in total. The number of nitrogens with one attached hydrogen (secondary N) is 1. The Bertz CT molecular complexity index is 655. The number of carbonyl (C=O) groups excluding carboxylic acids is 1. The zero-order valence-corrected chi connectivity index (χ0v) is 10.4. The predicted octanol–water partition coefficient (Wildman–Crippen LogP) is -0.149. The molecule has 8 nitrogen and oxygen atoms in total. The summed E-state index contributed by atoms with van der Waals surface area (Å²) < 4.78 is 0. The second-order valence-corrected chi connectivity index (χ2v) is 4.50. The molecule has 8 heteroatoms.